The minimum atomic E-state index is -3.63. The summed E-state index contributed by atoms with van der Waals surface area (Å²) < 4.78 is 27.4. The molecule has 5 nitrogen and oxygen atoms in total. The number of hydrogen-bond acceptors (Lipinski definition) is 4. The zero-order chi connectivity index (χ0) is 16.6. The van der Waals surface area contributed by atoms with Gasteiger partial charge in [-0.3, -0.25) is 4.98 Å². The SMILES string of the molecule is CC(C)N1C(Cc2ccncc2)C(O)c2ccccc2S1(=O)=O. The van der Waals surface area contributed by atoms with Gasteiger partial charge in [-0.15, -0.1) is 0 Å². The molecule has 2 atom stereocenters. The van der Waals surface area contributed by atoms with Crippen LogP contribution in [0.3, 0.4) is 0 Å². The number of sulfonamides is 1. The van der Waals surface area contributed by atoms with Gasteiger partial charge in [-0.2, -0.15) is 4.31 Å². The summed E-state index contributed by atoms with van der Waals surface area (Å²) in [5.74, 6) is 0. The van der Waals surface area contributed by atoms with Gasteiger partial charge in [0.15, 0.2) is 0 Å². The lowest BCUT2D eigenvalue weighted by molar-refractivity contribution is 0.0685. The zero-order valence-electron chi connectivity index (χ0n) is 13.1. The molecule has 122 valence electrons. The monoisotopic (exact) mass is 332 g/mol. The van der Waals surface area contributed by atoms with Crippen LogP contribution in [0.5, 0.6) is 0 Å². The van der Waals surface area contributed by atoms with Crippen molar-refractivity contribution in [2.24, 2.45) is 0 Å². The number of aliphatic hydroxyl groups is 1. The number of nitrogens with zero attached hydrogens (tertiary/aromatic N) is 2. The summed E-state index contributed by atoms with van der Waals surface area (Å²) in [6, 6.07) is 9.61. The van der Waals surface area contributed by atoms with Gasteiger partial charge in [0, 0.05) is 24.0 Å². The largest absolute Gasteiger partial charge is 0.387 e. The van der Waals surface area contributed by atoms with Crippen LogP contribution in [0.2, 0.25) is 0 Å². The van der Waals surface area contributed by atoms with Crippen LogP contribution in [0.25, 0.3) is 0 Å². The van der Waals surface area contributed by atoms with E-state index in [-0.39, 0.29) is 10.9 Å². The standard InChI is InChI=1S/C17H20N2O3S/c1-12(2)19-15(11-13-7-9-18-10-8-13)17(20)14-5-3-4-6-16(14)23(19,21)22/h3-10,12,15,17,20H,11H2,1-2H3. The first-order valence-electron chi connectivity index (χ1n) is 7.62. The molecule has 3 rings (SSSR count). The van der Waals surface area contributed by atoms with Crippen molar-refractivity contribution >= 4 is 10.0 Å². The second-order valence-corrected chi connectivity index (χ2v) is 7.85. The van der Waals surface area contributed by atoms with E-state index >= 15 is 0 Å². The smallest absolute Gasteiger partial charge is 0.244 e. The Morgan fingerprint density at radius 2 is 1.83 bits per heavy atom. The molecular weight excluding hydrogens is 312 g/mol. The molecule has 2 unspecified atom stereocenters. The number of aromatic nitrogens is 1. The lowest BCUT2D eigenvalue weighted by atomic mass is 9.95. The molecule has 0 amide bonds. The van der Waals surface area contributed by atoms with Crippen LogP contribution in [-0.4, -0.2) is 34.9 Å². The van der Waals surface area contributed by atoms with Gasteiger partial charge in [-0.05, 0) is 44.0 Å². The molecule has 0 fully saturated rings. The Morgan fingerprint density at radius 3 is 2.48 bits per heavy atom. The molecule has 0 saturated heterocycles. The normalized spacial score (nSPS) is 23.7. The van der Waals surface area contributed by atoms with Crippen LogP contribution >= 0.6 is 0 Å². The Labute approximate surface area is 136 Å². The Bertz CT molecular complexity index is 790. The van der Waals surface area contributed by atoms with E-state index in [9.17, 15) is 13.5 Å². The van der Waals surface area contributed by atoms with Gasteiger partial charge in [-0.25, -0.2) is 8.42 Å². The number of pyridine rings is 1. The highest BCUT2D eigenvalue weighted by Gasteiger charge is 2.44. The van der Waals surface area contributed by atoms with Crippen LogP contribution < -0.4 is 0 Å². The summed E-state index contributed by atoms with van der Waals surface area (Å²) >= 11 is 0. The molecule has 0 radical (unpaired) electrons. The molecule has 1 aliphatic heterocycles. The van der Waals surface area contributed by atoms with E-state index in [1.165, 1.54) is 4.31 Å². The highest BCUT2D eigenvalue weighted by molar-refractivity contribution is 7.89. The third kappa shape index (κ3) is 2.78. The average molecular weight is 332 g/mol. The number of aliphatic hydroxyl groups excluding tert-OH is 1. The van der Waals surface area contributed by atoms with Crippen molar-refractivity contribution in [2.75, 3.05) is 0 Å². The maximum absolute atomic E-state index is 13.0. The van der Waals surface area contributed by atoms with Gasteiger partial charge in [-0.1, -0.05) is 18.2 Å². The van der Waals surface area contributed by atoms with Crippen molar-refractivity contribution in [2.45, 2.75) is 43.4 Å². The summed E-state index contributed by atoms with van der Waals surface area (Å²) in [7, 11) is -3.63. The number of rotatable bonds is 3. The fourth-order valence-corrected chi connectivity index (χ4v) is 5.29. The lowest BCUT2D eigenvalue weighted by Gasteiger charge is -2.41. The van der Waals surface area contributed by atoms with E-state index in [4.69, 9.17) is 0 Å². The van der Waals surface area contributed by atoms with Crippen LogP contribution in [0, 0.1) is 0 Å². The third-order valence-corrected chi connectivity index (χ3v) is 6.36. The van der Waals surface area contributed by atoms with Crippen molar-refractivity contribution in [3.63, 3.8) is 0 Å². The average Bonchev–Trinajstić information content (AvgIpc) is 2.53. The Kier molecular flexibility index (Phi) is 4.23. The second-order valence-electron chi connectivity index (χ2n) is 6.04. The third-order valence-electron chi connectivity index (χ3n) is 4.19. The molecular formula is C17H20N2O3S. The second kappa shape index (κ2) is 6.03. The topological polar surface area (TPSA) is 70.5 Å². The van der Waals surface area contributed by atoms with Crippen LogP contribution in [0.1, 0.15) is 31.1 Å². The molecule has 1 N–H and O–H groups in total. The lowest BCUT2D eigenvalue weighted by Crippen LogP contribution is -2.52. The molecule has 0 bridgehead atoms. The van der Waals surface area contributed by atoms with Crippen LogP contribution in [0.4, 0.5) is 0 Å². The van der Waals surface area contributed by atoms with E-state index < -0.39 is 22.2 Å². The Balaban J connectivity index is 2.11. The van der Waals surface area contributed by atoms with E-state index in [0.29, 0.717) is 12.0 Å². The number of fused-ring (bicyclic) bond motifs is 1. The quantitative estimate of drug-likeness (QED) is 0.935. The predicted molar refractivity (Wildman–Crippen MR) is 87.3 cm³/mol. The highest BCUT2D eigenvalue weighted by Crippen LogP contribution is 2.39. The summed E-state index contributed by atoms with van der Waals surface area (Å²) in [6.07, 6.45) is 2.93. The summed E-state index contributed by atoms with van der Waals surface area (Å²) in [5, 5.41) is 10.8. The fraction of sp³-hybridized carbons (Fsp3) is 0.353. The molecule has 1 aromatic heterocycles. The fourth-order valence-electron chi connectivity index (χ4n) is 3.22. The molecule has 2 heterocycles. The minimum Gasteiger partial charge on any atom is -0.387 e. The predicted octanol–water partition coefficient (Wildman–Crippen LogP) is 2.14. The van der Waals surface area contributed by atoms with Gasteiger partial charge in [0.05, 0.1) is 17.0 Å². The zero-order valence-corrected chi connectivity index (χ0v) is 13.9. The molecule has 1 aromatic carbocycles. The van der Waals surface area contributed by atoms with Crippen molar-refractivity contribution in [3.05, 3.63) is 59.9 Å². The van der Waals surface area contributed by atoms with Gasteiger partial charge >= 0.3 is 0 Å². The van der Waals surface area contributed by atoms with Gasteiger partial charge < -0.3 is 5.11 Å². The summed E-state index contributed by atoms with van der Waals surface area (Å²) in [6.45, 7) is 3.66. The van der Waals surface area contributed by atoms with E-state index in [0.717, 1.165) is 5.56 Å². The Morgan fingerprint density at radius 1 is 1.17 bits per heavy atom. The van der Waals surface area contributed by atoms with Crippen LogP contribution in [-0.2, 0) is 16.4 Å². The van der Waals surface area contributed by atoms with Crippen molar-refractivity contribution < 1.29 is 13.5 Å². The summed E-state index contributed by atoms with van der Waals surface area (Å²) in [4.78, 5) is 4.18. The van der Waals surface area contributed by atoms with Crippen molar-refractivity contribution in [3.8, 4) is 0 Å². The van der Waals surface area contributed by atoms with Gasteiger partial charge in [0.1, 0.15) is 0 Å². The van der Waals surface area contributed by atoms with Gasteiger partial charge in [0.2, 0.25) is 10.0 Å². The molecule has 0 aliphatic carbocycles. The van der Waals surface area contributed by atoms with Crippen molar-refractivity contribution in [1.82, 2.24) is 9.29 Å². The molecule has 6 heteroatoms. The minimum absolute atomic E-state index is 0.201. The first-order chi connectivity index (χ1) is 10.9. The summed E-state index contributed by atoms with van der Waals surface area (Å²) in [5.41, 5.74) is 1.42. The maximum atomic E-state index is 13.0. The first kappa shape index (κ1) is 16.1. The van der Waals surface area contributed by atoms with Crippen LogP contribution in [0.15, 0.2) is 53.7 Å². The van der Waals surface area contributed by atoms with E-state index in [1.807, 2.05) is 26.0 Å². The molecule has 2 aromatic rings. The molecule has 0 saturated carbocycles. The van der Waals surface area contributed by atoms with Crippen molar-refractivity contribution in [1.29, 1.82) is 0 Å². The Hall–Kier alpha value is -1.76. The number of benzene rings is 1. The van der Waals surface area contributed by atoms with E-state index in [1.54, 1.807) is 36.7 Å². The molecule has 0 spiro atoms. The first-order valence-corrected chi connectivity index (χ1v) is 9.06. The molecule has 1 aliphatic rings. The maximum Gasteiger partial charge on any atom is 0.244 e. The number of hydrogen-bond donors (Lipinski definition) is 1. The van der Waals surface area contributed by atoms with E-state index in [2.05, 4.69) is 4.98 Å². The van der Waals surface area contributed by atoms with Gasteiger partial charge in [0.25, 0.3) is 0 Å². The molecule has 23 heavy (non-hydrogen) atoms. The highest BCUT2D eigenvalue weighted by atomic mass is 32.2.